The second kappa shape index (κ2) is 10.6. The van der Waals surface area contributed by atoms with Gasteiger partial charge >= 0.3 is 0 Å². The van der Waals surface area contributed by atoms with Gasteiger partial charge in [0, 0.05) is 19.1 Å². The molecule has 0 aromatic heterocycles. The Kier molecular flexibility index (Phi) is 9.54. The summed E-state index contributed by atoms with van der Waals surface area (Å²) in [7, 11) is 0. The summed E-state index contributed by atoms with van der Waals surface area (Å²) in [5, 5.41) is 0. The van der Waals surface area contributed by atoms with Crippen molar-refractivity contribution in [1.82, 2.24) is 4.90 Å². The Morgan fingerprint density at radius 1 is 0.950 bits per heavy atom. The van der Waals surface area contributed by atoms with Gasteiger partial charge in [-0.3, -0.25) is 4.90 Å². The predicted molar refractivity (Wildman–Crippen MR) is 90.0 cm³/mol. The number of hydrogen-bond acceptors (Lipinski definition) is 2. The maximum atomic E-state index is 5.99. The summed E-state index contributed by atoms with van der Waals surface area (Å²) in [6.45, 7) is 10.4. The van der Waals surface area contributed by atoms with Crippen LogP contribution in [0.25, 0.3) is 0 Å². The highest BCUT2D eigenvalue weighted by molar-refractivity contribution is 4.85. The SMILES string of the molecule is CCCCCCCCCCN1CC(C)CC(C)C1CN. The highest BCUT2D eigenvalue weighted by Crippen LogP contribution is 2.27. The summed E-state index contributed by atoms with van der Waals surface area (Å²) in [5.74, 6) is 1.62. The van der Waals surface area contributed by atoms with E-state index < -0.39 is 0 Å². The molecule has 20 heavy (non-hydrogen) atoms. The van der Waals surface area contributed by atoms with Crippen LogP contribution in [0.3, 0.4) is 0 Å². The summed E-state index contributed by atoms with van der Waals surface area (Å²) in [6.07, 6.45) is 12.6. The molecule has 2 N–H and O–H groups in total. The Hall–Kier alpha value is -0.0800. The molecule has 1 rings (SSSR count). The van der Waals surface area contributed by atoms with Crippen LogP contribution in [0.4, 0.5) is 0 Å². The van der Waals surface area contributed by atoms with E-state index in [9.17, 15) is 0 Å². The van der Waals surface area contributed by atoms with Gasteiger partial charge in [-0.05, 0) is 31.2 Å². The Morgan fingerprint density at radius 2 is 1.55 bits per heavy atom. The molecule has 0 aromatic rings. The third-order valence-corrected chi connectivity index (χ3v) is 4.99. The van der Waals surface area contributed by atoms with Gasteiger partial charge in [0.05, 0.1) is 0 Å². The molecule has 0 aliphatic carbocycles. The van der Waals surface area contributed by atoms with Gasteiger partial charge < -0.3 is 5.73 Å². The van der Waals surface area contributed by atoms with Crippen LogP contribution in [-0.4, -0.2) is 30.6 Å². The van der Waals surface area contributed by atoms with Crippen molar-refractivity contribution in [2.75, 3.05) is 19.6 Å². The van der Waals surface area contributed by atoms with Crippen molar-refractivity contribution in [1.29, 1.82) is 0 Å². The highest BCUT2D eigenvalue weighted by Gasteiger charge is 2.30. The molecule has 3 unspecified atom stereocenters. The quantitative estimate of drug-likeness (QED) is 0.601. The van der Waals surface area contributed by atoms with Crippen LogP contribution in [0.2, 0.25) is 0 Å². The van der Waals surface area contributed by atoms with Crippen molar-refractivity contribution in [3.8, 4) is 0 Å². The zero-order valence-corrected chi connectivity index (χ0v) is 14.2. The van der Waals surface area contributed by atoms with Crippen LogP contribution in [0.15, 0.2) is 0 Å². The normalized spacial score (nSPS) is 27.9. The average molecular weight is 283 g/mol. The molecular weight excluding hydrogens is 244 g/mol. The maximum Gasteiger partial charge on any atom is 0.0244 e. The molecule has 0 aromatic carbocycles. The number of rotatable bonds is 10. The molecule has 1 aliphatic rings. The average Bonchev–Trinajstić information content (AvgIpc) is 2.41. The molecule has 3 atom stereocenters. The molecule has 120 valence electrons. The number of hydrogen-bond donors (Lipinski definition) is 1. The zero-order chi connectivity index (χ0) is 14.8. The minimum atomic E-state index is 0.635. The fraction of sp³-hybridized carbons (Fsp3) is 1.00. The van der Waals surface area contributed by atoms with Gasteiger partial charge in [-0.15, -0.1) is 0 Å². The second-order valence-electron chi connectivity index (χ2n) is 7.09. The smallest absolute Gasteiger partial charge is 0.0244 e. The van der Waals surface area contributed by atoms with E-state index in [1.807, 2.05) is 0 Å². The summed E-state index contributed by atoms with van der Waals surface area (Å²) in [6, 6.07) is 0.635. The molecule has 1 heterocycles. The Morgan fingerprint density at radius 3 is 2.15 bits per heavy atom. The van der Waals surface area contributed by atoms with Crippen molar-refractivity contribution in [2.45, 2.75) is 84.6 Å². The second-order valence-corrected chi connectivity index (χ2v) is 7.09. The van der Waals surface area contributed by atoms with Crippen molar-refractivity contribution in [2.24, 2.45) is 17.6 Å². The van der Waals surface area contributed by atoms with Crippen molar-refractivity contribution in [3.05, 3.63) is 0 Å². The van der Waals surface area contributed by atoms with Gasteiger partial charge in [-0.1, -0.05) is 65.7 Å². The van der Waals surface area contributed by atoms with E-state index in [1.54, 1.807) is 0 Å². The van der Waals surface area contributed by atoms with Crippen LogP contribution in [0.1, 0.15) is 78.6 Å². The lowest BCUT2D eigenvalue weighted by molar-refractivity contribution is 0.0719. The van der Waals surface area contributed by atoms with Gasteiger partial charge in [-0.25, -0.2) is 0 Å². The van der Waals surface area contributed by atoms with Crippen LogP contribution in [0.5, 0.6) is 0 Å². The fourth-order valence-corrected chi connectivity index (χ4v) is 3.85. The van der Waals surface area contributed by atoms with Crippen molar-refractivity contribution < 1.29 is 0 Å². The number of unbranched alkanes of at least 4 members (excludes halogenated alkanes) is 7. The fourth-order valence-electron chi connectivity index (χ4n) is 3.85. The summed E-state index contributed by atoms with van der Waals surface area (Å²) < 4.78 is 0. The van der Waals surface area contributed by atoms with E-state index in [2.05, 4.69) is 25.7 Å². The number of piperidine rings is 1. The van der Waals surface area contributed by atoms with Gasteiger partial charge in [0.25, 0.3) is 0 Å². The van der Waals surface area contributed by atoms with E-state index in [0.29, 0.717) is 6.04 Å². The molecule has 0 amide bonds. The van der Waals surface area contributed by atoms with Crippen LogP contribution >= 0.6 is 0 Å². The van der Waals surface area contributed by atoms with E-state index in [0.717, 1.165) is 18.4 Å². The molecule has 1 fully saturated rings. The van der Waals surface area contributed by atoms with Gasteiger partial charge in [-0.2, -0.15) is 0 Å². The Bertz CT molecular complexity index is 229. The number of likely N-dealkylation sites (tertiary alicyclic amines) is 1. The number of nitrogens with two attached hydrogens (primary N) is 1. The molecule has 1 saturated heterocycles. The Balaban J connectivity index is 2.10. The van der Waals surface area contributed by atoms with Gasteiger partial charge in [0.1, 0.15) is 0 Å². The first-order chi connectivity index (χ1) is 9.69. The minimum absolute atomic E-state index is 0.635. The topological polar surface area (TPSA) is 29.3 Å². The first-order valence-electron chi connectivity index (χ1n) is 9.13. The number of nitrogens with zero attached hydrogens (tertiary/aromatic N) is 1. The van der Waals surface area contributed by atoms with Gasteiger partial charge in [0.15, 0.2) is 0 Å². The van der Waals surface area contributed by atoms with Crippen LogP contribution in [-0.2, 0) is 0 Å². The van der Waals surface area contributed by atoms with Crippen molar-refractivity contribution >= 4 is 0 Å². The zero-order valence-electron chi connectivity index (χ0n) is 14.2. The first-order valence-corrected chi connectivity index (χ1v) is 9.13. The molecule has 2 nitrogen and oxygen atoms in total. The van der Waals surface area contributed by atoms with E-state index in [1.165, 1.54) is 70.9 Å². The minimum Gasteiger partial charge on any atom is -0.329 e. The van der Waals surface area contributed by atoms with Crippen LogP contribution in [0, 0.1) is 11.8 Å². The molecule has 0 saturated carbocycles. The summed E-state index contributed by atoms with van der Waals surface area (Å²) >= 11 is 0. The lowest BCUT2D eigenvalue weighted by Crippen LogP contribution is -2.51. The molecule has 0 bridgehead atoms. The highest BCUT2D eigenvalue weighted by atomic mass is 15.2. The third kappa shape index (κ3) is 6.58. The first kappa shape index (κ1) is 18.0. The summed E-state index contributed by atoms with van der Waals surface area (Å²) in [4.78, 5) is 2.68. The molecular formula is C18H38N2. The molecule has 1 aliphatic heterocycles. The molecule has 2 heteroatoms. The standard InChI is InChI=1S/C18H38N2/c1-4-5-6-7-8-9-10-11-12-20-15-16(2)13-17(3)18(20)14-19/h16-18H,4-15,19H2,1-3H3. The van der Waals surface area contributed by atoms with Crippen molar-refractivity contribution in [3.63, 3.8) is 0 Å². The third-order valence-electron chi connectivity index (χ3n) is 4.99. The predicted octanol–water partition coefficient (Wildman–Crippen LogP) is 4.43. The monoisotopic (exact) mass is 282 g/mol. The van der Waals surface area contributed by atoms with Gasteiger partial charge in [0.2, 0.25) is 0 Å². The van der Waals surface area contributed by atoms with E-state index in [4.69, 9.17) is 5.73 Å². The lowest BCUT2D eigenvalue weighted by Gasteiger charge is -2.42. The van der Waals surface area contributed by atoms with E-state index in [-0.39, 0.29) is 0 Å². The maximum absolute atomic E-state index is 5.99. The van der Waals surface area contributed by atoms with Crippen LogP contribution < -0.4 is 5.73 Å². The lowest BCUT2D eigenvalue weighted by atomic mass is 9.85. The Labute approximate surface area is 127 Å². The molecule has 0 radical (unpaired) electrons. The summed E-state index contributed by atoms with van der Waals surface area (Å²) in [5.41, 5.74) is 5.99. The largest absolute Gasteiger partial charge is 0.329 e. The van der Waals surface area contributed by atoms with E-state index >= 15 is 0 Å². The molecule has 0 spiro atoms.